The molecule has 1 aliphatic rings. The maximum absolute atomic E-state index is 9.54. The summed E-state index contributed by atoms with van der Waals surface area (Å²) in [5.74, 6) is 1.10. The molecule has 0 amide bonds. The molecule has 104 valence electrons. The molecule has 2 heterocycles. The fraction of sp³-hybridized carbons (Fsp3) is 0.692. The number of nitrogen functional groups attached to an aromatic ring is 1. The second-order valence-corrected chi connectivity index (χ2v) is 5.12. The van der Waals surface area contributed by atoms with Crippen molar-refractivity contribution in [1.82, 2.24) is 9.78 Å². The molecule has 2 rings (SSSR count). The van der Waals surface area contributed by atoms with Crippen molar-refractivity contribution in [2.24, 2.45) is 0 Å². The average molecular weight is 263 g/mol. The van der Waals surface area contributed by atoms with Crippen LogP contribution in [0, 0.1) is 11.3 Å². The molecule has 1 fully saturated rings. The van der Waals surface area contributed by atoms with Crippen LogP contribution >= 0.6 is 0 Å². The first-order valence-electron chi connectivity index (χ1n) is 6.79. The van der Waals surface area contributed by atoms with Crippen molar-refractivity contribution in [3.05, 3.63) is 5.56 Å². The summed E-state index contributed by atoms with van der Waals surface area (Å²) in [4.78, 5) is 2.04. The van der Waals surface area contributed by atoms with Crippen LogP contribution in [0.25, 0.3) is 0 Å². The van der Waals surface area contributed by atoms with Crippen LogP contribution in [0.2, 0.25) is 0 Å². The van der Waals surface area contributed by atoms with Gasteiger partial charge >= 0.3 is 0 Å². The molecule has 0 bridgehead atoms. The van der Waals surface area contributed by atoms with Crippen LogP contribution in [0.4, 0.5) is 11.6 Å². The third-order valence-corrected chi connectivity index (χ3v) is 3.81. The van der Waals surface area contributed by atoms with Gasteiger partial charge in [0.05, 0.1) is 12.1 Å². The molecule has 0 aromatic carbocycles. The zero-order chi connectivity index (χ0) is 14.0. The molecule has 3 N–H and O–H groups in total. The van der Waals surface area contributed by atoms with E-state index in [9.17, 15) is 10.4 Å². The zero-order valence-electron chi connectivity index (χ0n) is 11.5. The molecule has 1 aromatic heterocycles. The van der Waals surface area contributed by atoms with Crippen LogP contribution in [0.1, 0.15) is 44.7 Å². The molecule has 6 heteroatoms. The van der Waals surface area contributed by atoms with E-state index in [4.69, 9.17) is 5.73 Å². The van der Waals surface area contributed by atoms with Crippen LogP contribution in [-0.4, -0.2) is 34.1 Å². The van der Waals surface area contributed by atoms with Crippen molar-refractivity contribution in [2.75, 3.05) is 23.7 Å². The highest BCUT2D eigenvalue weighted by atomic mass is 16.3. The van der Waals surface area contributed by atoms with Crippen molar-refractivity contribution in [1.29, 1.82) is 5.26 Å². The van der Waals surface area contributed by atoms with Gasteiger partial charge in [-0.15, -0.1) is 0 Å². The maximum atomic E-state index is 9.54. The number of nitrogens with zero attached hydrogens (tertiary/aromatic N) is 4. The number of piperidine rings is 1. The van der Waals surface area contributed by atoms with E-state index < -0.39 is 0 Å². The van der Waals surface area contributed by atoms with Gasteiger partial charge in [-0.05, 0) is 26.2 Å². The minimum absolute atomic E-state index is 0.177. The number of rotatable bonds is 3. The van der Waals surface area contributed by atoms with Crippen LogP contribution in [0.5, 0.6) is 0 Å². The van der Waals surface area contributed by atoms with E-state index in [-0.39, 0.29) is 12.1 Å². The molecule has 0 saturated carbocycles. The van der Waals surface area contributed by atoms with Crippen molar-refractivity contribution in [2.45, 2.75) is 45.3 Å². The fourth-order valence-corrected chi connectivity index (χ4v) is 2.35. The lowest BCUT2D eigenvalue weighted by Gasteiger charge is -2.29. The summed E-state index contributed by atoms with van der Waals surface area (Å²) < 4.78 is 1.74. The normalized spacial score (nSPS) is 18.3. The summed E-state index contributed by atoms with van der Waals surface area (Å²) in [7, 11) is 0. The predicted molar refractivity (Wildman–Crippen MR) is 73.8 cm³/mol. The van der Waals surface area contributed by atoms with Gasteiger partial charge in [-0.25, -0.2) is 4.68 Å². The van der Waals surface area contributed by atoms with Crippen molar-refractivity contribution < 1.29 is 5.11 Å². The van der Waals surface area contributed by atoms with E-state index in [2.05, 4.69) is 18.1 Å². The van der Waals surface area contributed by atoms with E-state index in [1.54, 1.807) is 4.68 Å². The van der Waals surface area contributed by atoms with Crippen LogP contribution < -0.4 is 10.6 Å². The van der Waals surface area contributed by atoms with E-state index in [0.29, 0.717) is 43.1 Å². The Labute approximate surface area is 113 Å². The number of hydrogen-bond acceptors (Lipinski definition) is 5. The van der Waals surface area contributed by atoms with Gasteiger partial charge < -0.3 is 15.7 Å². The Bertz CT molecular complexity index is 482. The smallest absolute Gasteiger partial charge is 0.170 e. The first-order valence-corrected chi connectivity index (χ1v) is 6.79. The topological polar surface area (TPSA) is 91.1 Å². The number of aliphatic hydroxyl groups is 1. The lowest BCUT2D eigenvalue weighted by Crippen LogP contribution is -2.36. The maximum Gasteiger partial charge on any atom is 0.170 e. The van der Waals surface area contributed by atoms with Gasteiger partial charge in [0, 0.05) is 13.1 Å². The number of aromatic nitrogens is 2. The monoisotopic (exact) mass is 263 g/mol. The van der Waals surface area contributed by atoms with Crippen LogP contribution in [0.15, 0.2) is 0 Å². The average Bonchev–Trinajstić information content (AvgIpc) is 2.75. The molecular weight excluding hydrogens is 242 g/mol. The molecule has 0 aliphatic carbocycles. The fourth-order valence-electron chi connectivity index (χ4n) is 2.35. The number of nitriles is 1. The number of anilines is 2. The van der Waals surface area contributed by atoms with Gasteiger partial charge in [0.2, 0.25) is 0 Å². The van der Waals surface area contributed by atoms with E-state index in [1.807, 2.05) is 11.8 Å². The van der Waals surface area contributed by atoms with Crippen LogP contribution in [0.3, 0.4) is 0 Å². The Morgan fingerprint density at radius 3 is 2.68 bits per heavy atom. The van der Waals surface area contributed by atoms with E-state index >= 15 is 0 Å². The highest BCUT2D eigenvalue weighted by Crippen LogP contribution is 2.29. The Hall–Kier alpha value is -1.74. The number of hydrogen-bond donors (Lipinski definition) is 2. The predicted octanol–water partition coefficient (Wildman–Crippen LogP) is 1.27. The van der Waals surface area contributed by atoms with Crippen LogP contribution in [-0.2, 0) is 0 Å². The Morgan fingerprint density at radius 1 is 1.53 bits per heavy atom. The second kappa shape index (κ2) is 5.49. The highest BCUT2D eigenvalue weighted by Gasteiger charge is 2.25. The van der Waals surface area contributed by atoms with Crippen molar-refractivity contribution in [3.63, 3.8) is 0 Å². The summed E-state index contributed by atoms with van der Waals surface area (Å²) in [5, 5.41) is 23.3. The molecule has 1 saturated heterocycles. The Balaban J connectivity index is 2.32. The molecule has 0 spiro atoms. The quantitative estimate of drug-likeness (QED) is 0.857. The summed E-state index contributed by atoms with van der Waals surface area (Å²) in [6, 6.07) is 2.34. The molecule has 1 atom stereocenters. The van der Waals surface area contributed by atoms with Crippen molar-refractivity contribution in [3.8, 4) is 6.07 Å². The Morgan fingerprint density at radius 2 is 2.16 bits per heavy atom. The second-order valence-electron chi connectivity index (χ2n) is 5.12. The van der Waals surface area contributed by atoms with Gasteiger partial charge in [0.25, 0.3) is 0 Å². The zero-order valence-corrected chi connectivity index (χ0v) is 11.5. The van der Waals surface area contributed by atoms with Crippen molar-refractivity contribution >= 4 is 11.6 Å². The summed E-state index contributed by atoms with van der Waals surface area (Å²) in [6.45, 7) is 5.53. The Kier molecular flexibility index (Phi) is 3.96. The van der Waals surface area contributed by atoms with Gasteiger partial charge in [-0.3, -0.25) is 0 Å². The first kappa shape index (κ1) is 13.7. The third-order valence-electron chi connectivity index (χ3n) is 3.81. The van der Waals surface area contributed by atoms with E-state index in [0.717, 1.165) is 6.42 Å². The molecule has 1 aliphatic heterocycles. The SMILES string of the molecule is CCC(C)n1nc(N2CCC(O)CC2)c(C#N)c1N. The highest BCUT2D eigenvalue weighted by molar-refractivity contribution is 5.65. The lowest BCUT2D eigenvalue weighted by molar-refractivity contribution is 0.145. The van der Waals surface area contributed by atoms with E-state index in [1.165, 1.54) is 0 Å². The first-order chi connectivity index (χ1) is 9.08. The van der Waals surface area contributed by atoms with Gasteiger partial charge in [0.15, 0.2) is 5.82 Å². The minimum atomic E-state index is -0.240. The molecule has 19 heavy (non-hydrogen) atoms. The van der Waals surface area contributed by atoms with Gasteiger partial charge in [0.1, 0.15) is 17.5 Å². The molecule has 6 nitrogen and oxygen atoms in total. The summed E-state index contributed by atoms with van der Waals surface area (Å²) in [6.07, 6.45) is 2.09. The molecule has 1 aromatic rings. The summed E-state index contributed by atoms with van der Waals surface area (Å²) in [5.41, 5.74) is 6.48. The third kappa shape index (κ3) is 2.51. The molecular formula is C13H21N5O. The minimum Gasteiger partial charge on any atom is -0.393 e. The number of aliphatic hydroxyl groups excluding tert-OH is 1. The number of nitrogens with two attached hydrogens (primary N) is 1. The standard InChI is InChI=1S/C13H21N5O/c1-3-9(2)18-12(15)11(8-14)13(16-18)17-6-4-10(19)5-7-17/h9-10,19H,3-7,15H2,1-2H3. The molecule has 1 unspecified atom stereocenters. The van der Waals surface area contributed by atoms with Gasteiger partial charge in [-0.2, -0.15) is 10.4 Å². The summed E-state index contributed by atoms with van der Waals surface area (Å²) >= 11 is 0. The molecule has 0 radical (unpaired) electrons. The van der Waals surface area contributed by atoms with Gasteiger partial charge in [-0.1, -0.05) is 6.92 Å². The lowest BCUT2D eigenvalue weighted by atomic mass is 10.1. The largest absolute Gasteiger partial charge is 0.393 e.